The smallest absolute Gasteiger partial charge is 0.0949 e. The van der Waals surface area contributed by atoms with Crippen LogP contribution in [0.25, 0.3) is 0 Å². The van der Waals surface area contributed by atoms with Crippen LogP contribution < -0.4 is 5.32 Å². The van der Waals surface area contributed by atoms with Gasteiger partial charge in [0.25, 0.3) is 0 Å². The maximum Gasteiger partial charge on any atom is 0.0949 e. The average molecular weight is 204 g/mol. The molecule has 0 aliphatic carbocycles. The van der Waals surface area contributed by atoms with Gasteiger partial charge in [0.15, 0.2) is 0 Å². The van der Waals surface area contributed by atoms with Gasteiger partial charge in [0.05, 0.1) is 18.4 Å². The lowest BCUT2D eigenvalue weighted by molar-refractivity contribution is 0.0277. The highest BCUT2D eigenvalue weighted by molar-refractivity contribution is 5.60. The van der Waals surface area contributed by atoms with E-state index in [0.29, 0.717) is 0 Å². The zero-order valence-electron chi connectivity index (χ0n) is 8.94. The number of benzene rings is 1. The number of ether oxygens (including phenoxy) is 1. The lowest BCUT2D eigenvalue weighted by Gasteiger charge is -2.23. The molecule has 1 aliphatic rings. The van der Waals surface area contributed by atoms with E-state index in [9.17, 15) is 0 Å². The van der Waals surface area contributed by atoms with Gasteiger partial charge in [-0.05, 0) is 24.6 Å². The molecule has 3 heteroatoms. The van der Waals surface area contributed by atoms with Gasteiger partial charge in [-0.1, -0.05) is 12.1 Å². The first kappa shape index (κ1) is 10.3. The van der Waals surface area contributed by atoms with Crippen LogP contribution in [0.4, 0.5) is 5.69 Å². The van der Waals surface area contributed by atoms with Crippen LogP contribution in [0.1, 0.15) is 18.6 Å². The number of aliphatic imine (C=N–C) groups is 1. The summed E-state index contributed by atoms with van der Waals surface area (Å²) >= 11 is 0. The third kappa shape index (κ3) is 2.64. The summed E-state index contributed by atoms with van der Waals surface area (Å²) in [6.07, 6.45) is 1.99. The van der Waals surface area contributed by atoms with Crippen molar-refractivity contribution in [1.82, 2.24) is 5.32 Å². The van der Waals surface area contributed by atoms with Crippen LogP contribution in [-0.4, -0.2) is 25.9 Å². The molecule has 0 amide bonds. The molecule has 1 atom stereocenters. The highest BCUT2D eigenvalue weighted by atomic mass is 16.5. The van der Waals surface area contributed by atoms with Crippen LogP contribution in [0.3, 0.4) is 0 Å². The van der Waals surface area contributed by atoms with Gasteiger partial charge in [-0.25, -0.2) is 0 Å². The molecule has 0 saturated carbocycles. The predicted octanol–water partition coefficient (Wildman–Crippen LogP) is 2.07. The molecule has 3 nitrogen and oxygen atoms in total. The zero-order valence-corrected chi connectivity index (χ0v) is 8.94. The van der Waals surface area contributed by atoms with Gasteiger partial charge >= 0.3 is 0 Å². The Kier molecular flexibility index (Phi) is 3.48. The van der Waals surface area contributed by atoms with E-state index in [1.54, 1.807) is 6.21 Å². The summed E-state index contributed by atoms with van der Waals surface area (Å²) in [4.78, 5) is 4.21. The normalized spacial score (nSPS) is 22.1. The largest absolute Gasteiger partial charge is 0.371 e. The maximum absolute atomic E-state index is 5.66. The molecule has 1 unspecified atom stereocenters. The Hall–Kier alpha value is -1.19. The molecule has 0 radical (unpaired) electrons. The first-order valence-corrected chi connectivity index (χ1v) is 5.31. The Morgan fingerprint density at radius 2 is 2.20 bits per heavy atom. The lowest BCUT2D eigenvalue weighted by Crippen LogP contribution is -2.33. The molecule has 1 aliphatic heterocycles. The van der Waals surface area contributed by atoms with Crippen molar-refractivity contribution in [2.75, 3.05) is 19.7 Å². The van der Waals surface area contributed by atoms with E-state index >= 15 is 0 Å². The van der Waals surface area contributed by atoms with Gasteiger partial charge < -0.3 is 10.1 Å². The van der Waals surface area contributed by atoms with E-state index in [1.165, 1.54) is 5.56 Å². The molecule has 1 aromatic rings. The summed E-state index contributed by atoms with van der Waals surface area (Å²) in [5, 5.41) is 3.32. The van der Waals surface area contributed by atoms with Crippen LogP contribution in [0.2, 0.25) is 0 Å². The van der Waals surface area contributed by atoms with Crippen molar-refractivity contribution in [3.05, 3.63) is 29.8 Å². The van der Waals surface area contributed by atoms with Crippen LogP contribution in [-0.2, 0) is 4.74 Å². The lowest BCUT2D eigenvalue weighted by atomic mass is 10.1. The SMILES string of the molecule is CC=Nc1ccc(C2CNCCO2)cc1. The van der Waals surface area contributed by atoms with Crippen molar-refractivity contribution in [2.24, 2.45) is 4.99 Å². The highest BCUT2D eigenvalue weighted by Gasteiger charge is 2.14. The zero-order chi connectivity index (χ0) is 10.5. The molecule has 1 heterocycles. The minimum absolute atomic E-state index is 0.193. The number of hydrogen-bond donors (Lipinski definition) is 1. The fourth-order valence-electron chi connectivity index (χ4n) is 1.70. The number of hydrogen-bond acceptors (Lipinski definition) is 3. The van der Waals surface area contributed by atoms with Crippen molar-refractivity contribution in [3.63, 3.8) is 0 Å². The Morgan fingerprint density at radius 3 is 2.80 bits per heavy atom. The molecule has 2 rings (SSSR count). The van der Waals surface area contributed by atoms with E-state index in [1.807, 2.05) is 19.1 Å². The molecule has 1 aromatic carbocycles. The van der Waals surface area contributed by atoms with Crippen LogP contribution in [0.5, 0.6) is 0 Å². The standard InChI is InChI=1S/C12H16N2O/c1-2-14-11-5-3-10(4-6-11)12-9-13-7-8-15-12/h2-6,12-13H,7-9H2,1H3. The Balaban J connectivity index is 2.08. The molecule has 1 fully saturated rings. The third-order valence-corrected chi connectivity index (χ3v) is 2.47. The molecule has 0 bridgehead atoms. The molecular formula is C12H16N2O. The minimum Gasteiger partial charge on any atom is -0.371 e. The molecule has 80 valence electrons. The fourth-order valence-corrected chi connectivity index (χ4v) is 1.70. The van der Waals surface area contributed by atoms with E-state index in [-0.39, 0.29) is 6.10 Å². The highest BCUT2D eigenvalue weighted by Crippen LogP contribution is 2.21. The average Bonchev–Trinajstić information content (AvgIpc) is 2.32. The van der Waals surface area contributed by atoms with Crippen LogP contribution in [0, 0.1) is 0 Å². The predicted molar refractivity (Wildman–Crippen MR) is 61.8 cm³/mol. The van der Waals surface area contributed by atoms with Gasteiger partial charge in [-0.15, -0.1) is 0 Å². The molecule has 0 aromatic heterocycles. The second-order valence-electron chi connectivity index (χ2n) is 3.54. The third-order valence-electron chi connectivity index (χ3n) is 2.47. The molecule has 1 saturated heterocycles. The first-order chi connectivity index (χ1) is 7.40. The van der Waals surface area contributed by atoms with E-state index < -0.39 is 0 Å². The summed E-state index contributed by atoms with van der Waals surface area (Å²) in [7, 11) is 0. The molecule has 15 heavy (non-hydrogen) atoms. The Labute approximate surface area is 90.2 Å². The molecule has 0 spiro atoms. The number of morpholine rings is 1. The monoisotopic (exact) mass is 204 g/mol. The Morgan fingerprint density at radius 1 is 1.40 bits per heavy atom. The van der Waals surface area contributed by atoms with E-state index in [4.69, 9.17) is 4.74 Å². The Bertz CT molecular complexity index is 326. The maximum atomic E-state index is 5.66. The van der Waals surface area contributed by atoms with E-state index in [0.717, 1.165) is 25.4 Å². The van der Waals surface area contributed by atoms with Crippen molar-refractivity contribution in [1.29, 1.82) is 0 Å². The number of nitrogens with one attached hydrogen (secondary N) is 1. The molecule has 1 N–H and O–H groups in total. The summed E-state index contributed by atoms with van der Waals surface area (Å²) in [5.74, 6) is 0. The number of nitrogens with zero attached hydrogens (tertiary/aromatic N) is 1. The summed E-state index contributed by atoms with van der Waals surface area (Å²) in [6.45, 7) is 4.56. The quantitative estimate of drug-likeness (QED) is 0.748. The van der Waals surface area contributed by atoms with Gasteiger partial charge in [0.2, 0.25) is 0 Å². The minimum atomic E-state index is 0.193. The number of rotatable bonds is 2. The van der Waals surface area contributed by atoms with Crippen LogP contribution in [0.15, 0.2) is 29.3 Å². The first-order valence-electron chi connectivity index (χ1n) is 5.31. The van der Waals surface area contributed by atoms with Gasteiger partial charge in [0, 0.05) is 19.3 Å². The van der Waals surface area contributed by atoms with E-state index in [2.05, 4.69) is 22.4 Å². The van der Waals surface area contributed by atoms with Crippen molar-refractivity contribution < 1.29 is 4.74 Å². The second kappa shape index (κ2) is 5.05. The van der Waals surface area contributed by atoms with Gasteiger partial charge in [0.1, 0.15) is 0 Å². The van der Waals surface area contributed by atoms with Crippen molar-refractivity contribution in [3.8, 4) is 0 Å². The van der Waals surface area contributed by atoms with Crippen molar-refractivity contribution in [2.45, 2.75) is 13.0 Å². The summed E-state index contributed by atoms with van der Waals surface area (Å²) in [5.41, 5.74) is 2.21. The summed E-state index contributed by atoms with van der Waals surface area (Å²) < 4.78 is 5.66. The van der Waals surface area contributed by atoms with Gasteiger partial charge in [-0.2, -0.15) is 0 Å². The second-order valence-corrected chi connectivity index (χ2v) is 3.54. The van der Waals surface area contributed by atoms with Crippen LogP contribution >= 0.6 is 0 Å². The molecular weight excluding hydrogens is 188 g/mol. The van der Waals surface area contributed by atoms with Gasteiger partial charge in [-0.3, -0.25) is 4.99 Å². The summed E-state index contributed by atoms with van der Waals surface area (Å²) in [6, 6.07) is 8.21. The topological polar surface area (TPSA) is 33.6 Å². The fraction of sp³-hybridized carbons (Fsp3) is 0.417. The van der Waals surface area contributed by atoms with Crippen molar-refractivity contribution >= 4 is 11.9 Å².